The van der Waals surface area contributed by atoms with E-state index in [4.69, 9.17) is 15.5 Å². The molecule has 0 saturated carbocycles. The molecule has 23 heavy (non-hydrogen) atoms. The third kappa shape index (κ3) is 5.59. The Morgan fingerprint density at radius 2 is 1.52 bits per heavy atom. The summed E-state index contributed by atoms with van der Waals surface area (Å²) in [5, 5.41) is 9.28. The van der Waals surface area contributed by atoms with Crippen LogP contribution in [0.25, 0.3) is 0 Å². The molecule has 0 fully saturated rings. The van der Waals surface area contributed by atoms with Gasteiger partial charge in [-0.15, -0.1) is 11.1 Å². The van der Waals surface area contributed by atoms with Crippen molar-refractivity contribution in [3.8, 4) is 0 Å². The monoisotopic (exact) mass is 356 g/mol. The zero-order chi connectivity index (χ0) is 17.7. The molecule has 0 aromatic heterocycles. The summed E-state index contributed by atoms with van der Waals surface area (Å²) in [4.78, 5) is 0. The molecule has 0 amide bonds. The van der Waals surface area contributed by atoms with Gasteiger partial charge in [0.2, 0.25) is 0 Å². The SMILES string of the molecule is CC(C)(C)[Si](Cl)(OC(CCO)CCc1ccccc1)C(C)(C)C. The van der Waals surface area contributed by atoms with Gasteiger partial charge in [-0.1, -0.05) is 71.9 Å². The maximum atomic E-state index is 9.43. The Morgan fingerprint density at radius 1 is 1.00 bits per heavy atom. The van der Waals surface area contributed by atoms with Crippen LogP contribution in [0.1, 0.15) is 59.9 Å². The van der Waals surface area contributed by atoms with E-state index >= 15 is 0 Å². The largest absolute Gasteiger partial charge is 0.399 e. The molecule has 0 aliphatic rings. The van der Waals surface area contributed by atoms with E-state index in [1.54, 1.807) is 0 Å². The van der Waals surface area contributed by atoms with E-state index in [2.05, 4.69) is 65.8 Å². The summed E-state index contributed by atoms with van der Waals surface area (Å²) in [6.07, 6.45) is 2.47. The molecule has 0 spiro atoms. The topological polar surface area (TPSA) is 29.5 Å². The van der Waals surface area contributed by atoms with Crippen LogP contribution in [-0.4, -0.2) is 25.4 Å². The Bertz CT molecular complexity index is 448. The third-order valence-electron chi connectivity index (χ3n) is 4.31. The molecule has 4 heteroatoms. The molecule has 1 rings (SSSR count). The van der Waals surface area contributed by atoms with Gasteiger partial charge < -0.3 is 9.53 Å². The fourth-order valence-electron chi connectivity index (χ4n) is 3.09. The minimum absolute atomic E-state index is 0.00261. The molecule has 0 aliphatic carbocycles. The lowest BCUT2D eigenvalue weighted by molar-refractivity contribution is 0.128. The highest BCUT2D eigenvalue weighted by Gasteiger charge is 2.55. The number of benzene rings is 1. The second kappa shape index (κ2) is 8.15. The number of halogens is 1. The molecule has 0 aliphatic heterocycles. The van der Waals surface area contributed by atoms with E-state index in [0.29, 0.717) is 6.42 Å². The molecular weight excluding hydrogens is 324 g/mol. The highest BCUT2D eigenvalue weighted by molar-refractivity contribution is 7.19. The summed E-state index contributed by atoms with van der Waals surface area (Å²) < 4.78 is 6.57. The van der Waals surface area contributed by atoms with Crippen molar-refractivity contribution in [2.75, 3.05) is 6.61 Å². The number of hydrogen-bond donors (Lipinski definition) is 1. The summed E-state index contributed by atoms with van der Waals surface area (Å²) in [5.74, 6) is 0. The van der Waals surface area contributed by atoms with Crippen LogP contribution in [0.5, 0.6) is 0 Å². The van der Waals surface area contributed by atoms with Gasteiger partial charge in [-0.25, -0.2) is 0 Å². The number of hydrogen-bond acceptors (Lipinski definition) is 2. The highest BCUT2D eigenvalue weighted by Crippen LogP contribution is 2.54. The average molecular weight is 357 g/mol. The summed E-state index contributed by atoms with van der Waals surface area (Å²) >= 11 is 7.14. The molecular formula is C19H33ClO2Si. The van der Waals surface area contributed by atoms with Gasteiger partial charge in [-0.2, -0.15) is 0 Å². The summed E-state index contributed by atoms with van der Waals surface area (Å²) in [5.41, 5.74) is 1.30. The van der Waals surface area contributed by atoms with Crippen LogP contribution >= 0.6 is 11.1 Å². The summed E-state index contributed by atoms with van der Waals surface area (Å²) in [7, 11) is -2.53. The minimum Gasteiger partial charge on any atom is -0.399 e. The zero-order valence-corrected chi connectivity index (χ0v) is 17.3. The first-order chi connectivity index (χ1) is 10.5. The van der Waals surface area contributed by atoms with Crippen molar-refractivity contribution >= 4 is 18.7 Å². The first-order valence-corrected chi connectivity index (χ1v) is 11.4. The van der Waals surface area contributed by atoms with E-state index in [-0.39, 0.29) is 22.8 Å². The molecule has 0 radical (unpaired) electrons. The second-order valence-corrected chi connectivity index (χ2v) is 14.4. The first kappa shape index (κ1) is 20.7. The fourth-order valence-corrected chi connectivity index (χ4v) is 7.12. The van der Waals surface area contributed by atoms with E-state index in [9.17, 15) is 5.11 Å². The van der Waals surface area contributed by atoms with Crippen LogP contribution in [0.4, 0.5) is 0 Å². The zero-order valence-electron chi connectivity index (χ0n) is 15.5. The van der Waals surface area contributed by atoms with Crippen molar-refractivity contribution in [1.29, 1.82) is 0 Å². The maximum Gasteiger partial charge on any atom is 0.301 e. The normalized spacial score (nSPS) is 14.8. The van der Waals surface area contributed by atoms with Gasteiger partial charge in [-0.3, -0.25) is 0 Å². The number of aryl methyl sites for hydroxylation is 1. The van der Waals surface area contributed by atoms with Crippen LogP contribution < -0.4 is 0 Å². The Kier molecular flexibility index (Phi) is 7.33. The second-order valence-electron chi connectivity index (χ2n) is 8.37. The van der Waals surface area contributed by atoms with Crippen molar-refractivity contribution in [2.45, 2.75) is 77.0 Å². The lowest BCUT2D eigenvalue weighted by Gasteiger charge is -2.47. The quantitative estimate of drug-likeness (QED) is 0.504. The Balaban J connectivity index is 2.87. The van der Waals surface area contributed by atoms with Crippen LogP contribution in [0, 0.1) is 0 Å². The number of aliphatic hydroxyl groups is 1. The predicted molar refractivity (Wildman–Crippen MR) is 102 cm³/mol. The standard InChI is InChI=1S/C19H33ClO2Si/c1-18(2,3)23(20,19(4,5)6)22-17(14-15-21)13-12-16-10-8-7-9-11-16/h7-11,17,21H,12-15H2,1-6H3. The molecule has 1 aromatic carbocycles. The van der Waals surface area contributed by atoms with E-state index in [0.717, 1.165) is 12.8 Å². The number of rotatable bonds is 7. The van der Waals surface area contributed by atoms with Gasteiger partial charge in [0.25, 0.3) is 0 Å². The molecule has 1 aromatic rings. The van der Waals surface area contributed by atoms with Crippen molar-refractivity contribution < 1.29 is 9.53 Å². The fraction of sp³-hybridized carbons (Fsp3) is 0.684. The van der Waals surface area contributed by atoms with E-state index < -0.39 is 7.63 Å². The van der Waals surface area contributed by atoms with Gasteiger partial charge in [0.05, 0.1) is 0 Å². The summed E-state index contributed by atoms with van der Waals surface area (Å²) in [6.45, 7) is 13.2. The van der Waals surface area contributed by atoms with Crippen molar-refractivity contribution in [3.63, 3.8) is 0 Å². The predicted octanol–water partition coefficient (Wildman–Crippen LogP) is 5.67. The Morgan fingerprint density at radius 3 is 1.96 bits per heavy atom. The van der Waals surface area contributed by atoms with Crippen molar-refractivity contribution in [2.24, 2.45) is 0 Å². The van der Waals surface area contributed by atoms with Gasteiger partial charge >= 0.3 is 7.63 Å². The van der Waals surface area contributed by atoms with Crippen molar-refractivity contribution in [1.82, 2.24) is 0 Å². The average Bonchev–Trinajstić information content (AvgIpc) is 2.43. The molecule has 1 atom stereocenters. The van der Waals surface area contributed by atoms with Crippen molar-refractivity contribution in [3.05, 3.63) is 35.9 Å². The molecule has 1 N–H and O–H groups in total. The molecule has 0 bridgehead atoms. The maximum absolute atomic E-state index is 9.43. The Hall–Kier alpha value is -0.353. The Labute approximate surface area is 148 Å². The van der Waals surface area contributed by atoms with Gasteiger partial charge in [-0.05, 0) is 34.9 Å². The van der Waals surface area contributed by atoms with Gasteiger partial charge in [0.15, 0.2) is 0 Å². The van der Waals surface area contributed by atoms with E-state index in [1.807, 2.05) is 6.07 Å². The van der Waals surface area contributed by atoms with Gasteiger partial charge in [0, 0.05) is 12.7 Å². The van der Waals surface area contributed by atoms with Crippen LogP contribution in [-0.2, 0) is 10.8 Å². The van der Waals surface area contributed by atoms with Gasteiger partial charge in [0.1, 0.15) is 0 Å². The number of aliphatic hydroxyl groups excluding tert-OH is 1. The lowest BCUT2D eigenvalue weighted by Crippen LogP contribution is -2.52. The molecule has 132 valence electrons. The summed E-state index contributed by atoms with van der Waals surface area (Å²) in [6, 6.07) is 10.4. The third-order valence-corrected chi connectivity index (χ3v) is 12.5. The van der Waals surface area contributed by atoms with Crippen LogP contribution in [0.3, 0.4) is 0 Å². The smallest absolute Gasteiger partial charge is 0.301 e. The molecule has 0 heterocycles. The minimum atomic E-state index is -2.53. The molecule has 1 unspecified atom stereocenters. The molecule has 0 saturated heterocycles. The van der Waals surface area contributed by atoms with Crippen LogP contribution in [0.2, 0.25) is 10.1 Å². The molecule has 2 nitrogen and oxygen atoms in total. The first-order valence-electron chi connectivity index (χ1n) is 8.53. The lowest BCUT2D eigenvalue weighted by atomic mass is 10.1. The highest BCUT2D eigenvalue weighted by atomic mass is 35.6. The van der Waals surface area contributed by atoms with Crippen LogP contribution in [0.15, 0.2) is 30.3 Å². The van der Waals surface area contributed by atoms with E-state index in [1.165, 1.54) is 5.56 Å².